The van der Waals surface area contributed by atoms with Crippen LogP contribution in [0.15, 0.2) is 42.5 Å². The lowest BCUT2D eigenvalue weighted by molar-refractivity contribution is -0.115. The molecule has 0 aliphatic heterocycles. The molecular formula is C18H17N3O2. The van der Waals surface area contributed by atoms with Crippen molar-refractivity contribution in [3.8, 4) is 6.07 Å². The second kappa shape index (κ2) is 7.23. The highest BCUT2D eigenvalue weighted by molar-refractivity contribution is 6.05. The molecule has 0 atom stereocenters. The van der Waals surface area contributed by atoms with Crippen LogP contribution in [0.3, 0.4) is 0 Å². The van der Waals surface area contributed by atoms with Crippen molar-refractivity contribution in [2.24, 2.45) is 0 Å². The van der Waals surface area contributed by atoms with Crippen LogP contribution >= 0.6 is 0 Å². The van der Waals surface area contributed by atoms with Gasteiger partial charge in [0.15, 0.2) is 0 Å². The van der Waals surface area contributed by atoms with E-state index in [1.54, 1.807) is 30.3 Å². The molecule has 0 aromatic heterocycles. The average molecular weight is 307 g/mol. The SMILES string of the molecule is Cc1ccc(NC(=O)c2cccc(NC(=O)CC#N)c2)c(C)c1. The zero-order valence-corrected chi connectivity index (χ0v) is 13.0. The Balaban J connectivity index is 2.13. The molecule has 0 fully saturated rings. The van der Waals surface area contributed by atoms with E-state index in [0.717, 1.165) is 16.8 Å². The molecule has 0 aliphatic carbocycles. The predicted molar refractivity (Wildman–Crippen MR) is 89.2 cm³/mol. The predicted octanol–water partition coefficient (Wildman–Crippen LogP) is 3.41. The summed E-state index contributed by atoms with van der Waals surface area (Å²) in [6.45, 7) is 3.92. The fourth-order valence-electron chi connectivity index (χ4n) is 2.16. The number of benzene rings is 2. The number of aryl methyl sites for hydroxylation is 2. The van der Waals surface area contributed by atoms with Gasteiger partial charge < -0.3 is 10.6 Å². The first-order valence-corrected chi connectivity index (χ1v) is 7.15. The zero-order valence-electron chi connectivity index (χ0n) is 13.0. The van der Waals surface area contributed by atoms with Gasteiger partial charge in [-0.2, -0.15) is 5.26 Å². The molecule has 5 nitrogen and oxygen atoms in total. The van der Waals surface area contributed by atoms with E-state index in [1.807, 2.05) is 32.0 Å². The molecular weight excluding hydrogens is 290 g/mol. The van der Waals surface area contributed by atoms with E-state index in [0.29, 0.717) is 11.3 Å². The Kier molecular flexibility index (Phi) is 5.11. The Morgan fingerprint density at radius 2 is 1.87 bits per heavy atom. The largest absolute Gasteiger partial charge is 0.325 e. The van der Waals surface area contributed by atoms with Crippen molar-refractivity contribution < 1.29 is 9.59 Å². The van der Waals surface area contributed by atoms with Gasteiger partial charge >= 0.3 is 0 Å². The summed E-state index contributed by atoms with van der Waals surface area (Å²) >= 11 is 0. The highest BCUT2D eigenvalue weighted by Gasteiger charge is 2.09. The van der Waals surface area contributed by atoms with Crippen LogP contribution in [-0.2, 0) is 4.79 Å². The molecule has 23 heavy (non-hydrogen) atoms. The third-order valence-electron chi connectivity index (χ3n) is 3.28. The summed E-state index contributed by atoms with van der Waals surface area (Å²) in [7, 11) is 0. The van der Waals surface area contributed by atoms with Crippen molar-refractivity contribution in [3.05, 3.63) is 59.2 Å². The molecule has 0 saturated heterocycles. The van der Waals surface area contributed by atoms with Gasteiger partial charge in [-0.05, 0) is 43.7 Å². The summed E-state index contributed by atoms with van der Waals surface area (Å²) in [4.78, 5) is 23.8. The Morgan fingerprint density at radius 1 is 1.09 bits per heavy atom. The highest BCUT2D eigenvalue weighted by atomic mass is 16.2. The number of carbonyl (C=O) groups is 2. The Bertz CT molecular complexity index is 791. The molecule has 0 unspecified atom stereocenters. The molecule has 5 heteroatoms. The van der Waals surface area contributed by atoms with Gasteiger partial charge in [0.2, 0.25) is 5.91 Å². The van der Waals surface area contributed by atoms with Gasteiger partial charge in [-0.3, -0.25) is 9.59 Å². The molecule has 0 bridgehead atoms. The van der Waals surface area contributed by atoms with Crippen molar-refractivity contribution in [2.75, 3.05) is 10.6 Å². The fraction of sp³-hybridized carbons (Fsp3) is 0.167. The van der Waals surface area contributed by atoms with Crippen LogP contribution < -0.4 is 10.6 Å². The van der Waals surface area contributed by atoms with Crippen molar-refractivity contribution in [1.29, 1.82) is 5.26 Å². The maximum Gasteiger partial charge on any atom is 0.255 e. The number of amides is 2. The molecule has 2 aromatic carbocycles. The summed E-state index contributed by atoms with van der Waals surface area (Å²) in [5.74, 6) is -0.659. The molecule has 2 amide bonds. The van der Waals surface area contributed by atoms with Crippen molar-refractivity contribution in [1.82, 2.24) is 0 Å². The second-order valence-electron chi connectivity index (χ2n) is 5.24. The minimum atomic E-state index is -0.403. The molecule has 2 rings (SSSR count). The Labute approximate surface area is 134 Å². The quantitative estimate of drug-likeness (QED) is 0.908. The van der Waals surface area contributed by atoms with Crippen LogP contribution in [0.1, 0.15) is 27.9 Å². The third-order valence-corrected chi connectivity index (χ3v) is 3.28. The number of nitrogens with zero attached hydrogens (tertiary/aromatic N) is 1. The van der Waals surface area contributed by atoms with Gasteiger partial charge in [0, 0.05) is 16.9 Å². The van der Waals surface area contributed by atoms with Gasteiger partial charge in [0.25, 0.3) is 5.91 Å². The molecule has 0 spiro atoms. The summed E-state index contributed by atoms with van der Waals surface area (Å²) in [6, 6.07) is 14.2. The number of nitriles is 1. The van der Waals surface area contributed by atoms with Crippen LogP contribution in [0.4, 0.5) is 11.4 Å². The molecule has 0 heterocycles. The minimum absolute atomic E-state index is 0.223. The van der Waals surface area contributed by atoms with E-state index < -0.39 is 5.91 Å². The molecule has 2 aromatic rings. The molecule has 116 valence electrons. The lowest BCUT2D eigenvalue weighted by atomic mass is 10.1. The smallest absolute Gasteiger partial charge is 0.255 e. The molecule has 0 aliphatic rings. The monoisotopic (exact) mass is 307 g/mol. The summed E-state index contributed by atoms with van der Waals surface area (Å²) < 4.78 is 0. The van der Waals surface area contributed by atoms with E-state index in [4.69, 9.17) is 5.26 Å². The molecule has 2 N–H and O–H groups in total. The normalized spacial score (nSPS) is 9.78. The summed E-state index contributed by atoms with van der Waals surface area (Å²) in [5, 5.41) is 13.9. The topological polar surface area (TPSA) is 82.0 Å². The number of anilines is 2. The van der Waals surface area contributed by atoms with Crippen LogP contribution in [0.2, 0.25) is 0 Å². The maximum atomic E-state index is 12.3. The first-order chi connectivity index (χ1) is 11.0. The van der Waals surface area contributed by atoms with Crippen LogP contribution in [-0.4, -0.2) is 11.8 Å². The fourth-order valence-corrected chi connectivity index (χ4v) is 2.16. The number of hydrogen-bond donors (Lipinski definition) is 2. The second-order valence-corrected chi connectivity index (χ2v) is 5.24. The number of nitrogens with one attached hydrogen (secondary N) is 2. The van der Waals surface area contributed by atoms with Crippen LogP contribution in [0.5, 0.6) is 0 Å². The van der Waals surface area contributed by atoms with Gasteiger partial charge in [-0.1, -0.05) is 23.8 Å². The number of rotatable bonds is 4. The van der Waals surface area contributed by atoms with Gasteiger partial charge in [-0.25, -0.2) is 0 Å². The first kappa shape index (κ1) is 16.2. The summed E-state index contributed by atoms with van der Waals surface area (Å²) in [5.41, 5.74) is 3.78. The zero-order chi connectivity index (χ0) is 16.8. The van der Waals surface area contributed by atoms with Gasteiger partial charge in [0.05, 0.1) is 6.07 Å². The Hall–Kier alpha value is -3.13. The first-order valence-electron chi connectivity index (χ1n) is 7.15. The van der Waals surface area contributed by atoms with Gasteiger partial charge in [0.1, 0.15) is 6.42 Å². The van der Waals surface area contributed by atoms with E-state index in [9.17, 15) is 9.59 Å². The molecule has 0 saturated carbocycles. The van der Waals surface area contributed by atoms with E-state index in [-0.39, 0.29) is 12.3 Å². The third kappa shape index (κ3) is 4.42. The lowest BCUT2D eigenvalue weighted by Gasteiger charge is -2.10. The molecule has 0 radical (unpaired) electrons. The van der Waals surface area contributed by atoms with Crippen molar-refractivity contribution in [2.45, 2.75) is 20.3 Å². The lowest BCUT2D eigenvalue weighted by Crippen LogP contribution is -2.14. The van der Waals surface area contributed by atoms with E-state index >= 15 is 0 Å². The maximum absolute atomic E-state index is 12.3. The standard InChI is InChI=1S/C18H17N3O2/c1-12-6-7-16(13(2)10-12)21-18(23)14-4-3-5-15(11-14)20-17(22)8-9-19/h3-7,10-11H,8H2,1-2H3,(H,20,22)(H,21,23). The Morgan fingerprint density at radius 3 is 2.57 bits per heavy atom. The van der Waals surface area contributed by atoms with Gasteiger partial charge in [-0.15, -0.1) is 0 Å². The average Bonchev–Trinajstić information content (AvgIpc) is 2.50. The van der Waals surface area contributed by atoms with E-state index in [1.165, 1.54) is 0 Å². The van der Waals surface area contributed by atoms with Crippen molar-refractivity contribution >= 4 is 23.2 Å². The minimum Gasteiger partial charge on any atom is -0.325 e. The number of carbonyl (C=O) groups excluding carboxylic acids is 2. The van der Waals surface area contributed by atoms with Crippen LogP contribution in [0.25, 0.3) is 0 Å². The van der Waals surface area contributed by atoms with Crippen LogP contribution in [0, 0.1) is 25.2 Å². The van der Waals surface area contributed by atoms with E-state index in [2.05, 4.69) is 10.6 Å². The summed E-state index contributed by atoms with van der Waals surface area (Å²) in [6.07, 6.45) is -0.223. The number of hydrogen-bond acceptors (Lipinski definition) is 3. The van der Waals surface area contributed by atoms with Crippen molar-refractivity contribution in [3.63, 3.8) is 0 Å². The highest BCUT2D eigenvalue weighted by Crippen LogP contribution is 2.18.